The number of likely N-dealkylation sites (N-methyl/N-ethyl adjacent to an activating group) is 3. The molecule has 0 bridgehead atoms. The van der Waals surface area contributed by atoms with E-state index in [0.29, 0.717) is 48.9 Å². The number of nitrogens with zero attached hydrogens (tertiary/aromatic N) is 3. The third kappa shape index (κ3) is 40.3. The van der Waals surface area contributed by atoms with E-state index in [2.05, 4.69) is 29.1 Å². The van der Waals surface area contributed by atoms with Gasteiger partial charge in [-0.1, -0.05) is 212 Å². The highest BCUT2D eigenvalue weighted by Crippen LogP contribution is 2.38. The number of rotatable bonds is 0. The Hall–Kier alpha value is -4.63. The molecule has 4 aliphatic rings. The van der Waals surface area contributed by atoms with Gasteiger partial charge in [-0.2, -0.15) is 0 Å². The summed E-state index contributed by atoms with van der Waals surface area (Å²) in [4.78, 5) is 51.2. The van der Waals surface area contributed by atoms with Gasteiger partial charge >= 0.3 is 5.97 Å². The Kier molecular flexibility index (Phi) is 34.3. The van der Waals surface area contributed by atoms with Gasteiger partial charge in [0.1, 0.15) is 23.7 Å². The average molecular weight is 1150 g/mol. The van der Waals surface area contributed by atoms with Crippen LogP contribution in [0.1, 0.15) is 301 Å². The molecule has 0 aromatic heterocycles. The molecule has 466 valence electrons. The fraction of sp³-hybridized carbons (Fsp3) is 0.831. The zero-order valence-corrected chi connectivity index (χ0v) is 50.5. The lowest BCUT2D eigenvalue weighted by atomic mass is 9.93. The van der Waals surface area contributed by atoms with E-state index in [-0.39, 0.29) is 31.3 Å². The predicted molar refractivity (Wildman–Crippen MR) is 332 cm³/mol. The number of ether oxygens (including phenoxy) is 3. The zero-order chi connectivity index (χ0) is 66.5. The normalized spacial score (nSPS) is 25.0. The van der Waals surface area contributed by atoms with Crippen LogP contribution in [-0.4, -0.2) is 116 Å². The van der Waals surface area contributed by atoms with Gasteiger partial charge in [0.05, 0.1) is 26.3 Å². The molecule has 1 saturated carbocycles. The molecule has 3 saturated heterocycles. The molecule has 3 heterocycles. The van der Waals surface area contributed by atoms with Crippen LogP contribution in [0.4, 0.5) is 0 Å². The Morgan fingerprint density at radius 3 is 0.889 bits per heavy atom. The average Bonchev–Trinajstić information content (AvgIpc) is 2.11. The summed E-state index contributed by atoms with van der Waals surface area (Å²) in [6.45, 7) is -0.0974. The van der Waals surface area contributed by atoms with Crippen molar-refractivity contribution in [1.29, 1.82) is 16.2 Å². The Morgan fingerprint density at radius 1 is 0.370 bits per heavy atom. The van der Waals surface area contributed by atoms with Crippen molar-refractivity contribution in [2.75, 3.05) is 53.8 Å². The minimum Gasteiger partial charge on any atom is -0.497 e. The molecule has 3 aliphatic heterocycles. The first kappa shape index (κ1) is 58.2. The summed E-state index contributed by atoms with van der Waals surface area (Å²) in [6.07, 6.45) is 47.7. The van der Waals surface area contributed by atoms with Crippen molar-refractivity contribution < 1.29 is 45.7 Å². The molecule has 4 fully saturated rings. The molecule has 0 aromatic carbocycles. The molecule has 16 heteroatoms. The van der Waals surface area contributed by atoms with E-state index in [0.717, 1.165) is 145 Å². The van der Waals surface area contributed by atoms with Gasteiger partial charge in [0.25, 0.3) is 0 Å². The van der Waals surface area contributed by atoms with Gasteiger partial charge in [0.15, 0.2) is 17.9 Å². The van der Waals surface area contributed by atoms with E-state index in [4.69, 9.17) is 42.8 Å². The Balaban J connectivity index is 0.000000461. The third-order valence-electron chi connectivity index (χ3n) is 15.6. The quantitative estimate of drug-likeness (QED) is 0.126. The second-order valence-corrected chi connectivity index (χ2v) is 23.2. The second-order valence-electron chi connectivity index (χ2n) is 23.2. The number of carbonyl (C=O) groups is 4. The topological polar surface area (TPSA) is 213 Å². The van der Waals surface area contributed by atoms with Crippen molar-refractivity contribution in [3.8, 4) is 0 Å². The van der Waals surface area contributed by atoms with Crippen LogP contribution in [0, 0.1) is 16.2 Å². The molecule has 16 nitrogen and oxygen atoms in total. The molecule has 0 radical (unpaired) electrons. The fourth-order valence-electron chi connectivity index (χ4n) is 10.7. The number of guanidine groups is 3. The van der Waals surface area contributed by atoms with Crippen molar-refractivity contribution in [1.82, 2.24) is 30.7 Å². The first-order chi connectivity index (χ1) is 42.8. The molecule has 6 N–H and O–H groups in total. The lowest BCUT2D eigenvalue weighted by molar-refractivity contribution is -0.160. The molecule has 4 rings (SSSR count). The van der Waals surface area contributed by atoms with Gasteiger partial charge in [0, 0.05) is 52.5 Å². The monoisotopic (exact) mass is 1150 g/mol. The summed E-state index contributed by atoms with van der Waals surface area (Å²) in [7, 11) is 0. The maximum atomic E-state index is 12.6. The maximum Gasteiger partial charge on any atom is 0.326 e. The summed E-state index contributed by atoms with van der Waals surface area (Å²) in [5.41, 5.74) is -0.503. The van der Waals surface area contributed by atoms with Gasteiger partial charge in [-0.05, 0) is 70.6 Å². The van der Waals surface area contributed by atoms with Crippen LogP contribution in [0.3, 0.4) is 0 Å². The highest BCUT2D eigenvalue weighted by Gasteiger charge is 2.37. The first-order valence-corrected chi connectivity index (χ1v) is 32.1. The van der Waals surface area contributed by atoms with Crippen molar-refractivity contribution in [3.05, 3.63) is 24.7 Å². The fourth-order valence-corrected chi connectivity index (χ4v) is 10.7. The van der Waals surface area contributed by atoms with Gasteiger partial charge in [-0.3, -0.25) is 51.4 Å². The Morgan fingerprint density at radius 2 is 0.605 bits per heavy atom. The lowest BCUT2D eigenvalue weighted by Crippen LogP contribution is -2.45. The van der Waals surface area contributed by atoms with Crippen LogP contribution < -0.4 is 16.0 Å². The summed E-state index contributed by atoms with van der Waals surface area (Å²) in [5, 5.41) is 31.3. The van der Waals surface area contributed by atoms with E-state index in [1.54, 1.807) is 0 Å². The Bertz CT molecular complexity index is 2000. The molecular weight excluding hydrogens is 1020 g/mol. The summed E-state index contributed by atoms with van der Waals surface area (Å²) in [5.74, 6) is -2.53. The van der Waals surface area contributed by atoms with Gasteiger partial charge in [0.2, 0.25) is 17.7 Å². The van der Waals surface area contributed by atoms with Gasteiger partial charge < -0.3 is 28.9 Å². The van der Waals surface area contributed by atoms with Gasteiger partial charge in [-0.25, -0.2) is 0 Å². The van der Waals surface area contributed by atoms with Crippen LogP contribution in [-0.2, 0) is 33.4 Å². The minimum absolute atomic E-state index is 0.143. The molecule has 0 atom stereocenters. The molecule has 1 aliphatic carbocycles. The first-order valence-electron chi connectivity index (χ1n) is 36.6. The van der Waals surface area contributed by atoms with E-state index in [9.17, 15) is 19.2 Å². The molecular formula is C65H119N9O7. The van der Waals surface area contributed by atoms with E-state index in [1.165, 1.54) is 128 Å². The van der Waals surface area contributed by atoms with E-state index >= 15 is 0 Å². The number of hydrogen-bond donors (Lipinski definition) is 6. The van der Waals surface area contributed by atoms with E-state index < -0.39 is 62.8 Å². The summed E-state index contributed by atoms with van der Waals surface area (Å²) in [6, 6.07) is 0. The minimum atomic E-state index is -2.71. The smallest absolute Gasteiger partial charge is 0.326 e. The maximum absolute atomic E-state index is 12.6. The van der Waals surface area contributed by atoms with Crippen LogP contribution in [0.15, 0.2) is 24.7 Å². The second kappa shape index (κ2) is 47.8. The van der Waals surface area contributed by atoms with Crippen molar-refractivity contribution in [3.63, 3.8) is 0 Å². The van der Waals surface area contributed by atoms with Gasteiger partial charge in [-0.15, -0.1) is 0 Å². The number of hydrogen-bond acceptors (Lipinski definition) is 10. The number of nitrogens with one attached hydrogen (secondary N) is 6. The standard InChI is InChI=1S/2C23H43N3O2.C19H33N3O3/c2*1-21-20-26(2)23(24)25-22(27)18-16-14-12-10-8-6-4-3-5-7-9-11-13-15-17-19-28-21;1-22-15-17(24)25-19(13-9-10-14-19)12-8-6-4-2-3-5-7-11-16(23)21-18(22)20/h2*1,3-20H2,2H3,(H2,24,25,27);2-15H2,1H3,(H2,20,21,23)/i2*2D3;1D3. The predicted octanol–water partition coefficient (Wildman–Crippen LogP) is 14.9. The summed E-state index contributed by atoms with van der Waals surface area (Å²) < 4.78 is 86.0. The van der Waals surface area contributed by atoms with E-state index in [1.807, 2.05) is 0 Å². The highest BCUT2D eigenvalue weighted by molar-refractivity contribution is 5.97. The van der Waals surface area contributed by atoms with Crippen LogP contribution in [0.2, 0.25) is 0 Å². The summed E-state index contributed by atoms with van der Waals surface area (Å²) >= 11 is 0. The number of esters is 1. The highest BCUT2D eigenvalue weighted by atomic mass is 16.6. The van der Waals surface area contributed by atoms with Crippen molar-refractivity contribution in [2.24, 2.45) is 0 Å². The lowest BCUT2D eigenvalue weighted by Gasteiger charge is -2.30. The number of amides is 3. The Labute approximate surface area is 505 Å². The van der Waals surface area contributed by atoms with Crippen LogP contribution in [0.25, 0.3) is 0 Å². The molecule has 81 heavy (non-hydrogen) atoms. The third-order valence-corrected chi connectivity index (χ3v) is 15.6. The van der Waals surface area contributed by atoms with Crippen LogP contribution >= 0.6 is 0 Å². The molecule has 0 unspecified atom stereocenters. The number of carbonyl (C=O) groups excluding carboxylic acids is 4. The molecule has 1 spiro atoms. The molecule has 0 aromatic rings. The zero-order valence-electron chi connectivity index (χ0n) is 59.5. The SMILES string of the molecule is [2H]C([2H])([2H])N1CC(=C)OCCCCCCCCCCCCCCCCCC(=O)NC1=N.[2H]C([2H])([2H])N1CC(=C)OCCCCCCCCCCCCCCCCCC(=O)NC1=N.[2H]C([2H])([2H])N1CC(=O)OC2(CCCCCCCCCC(=O)NC1=N)CCCC2. The van der Waals surface area contributed by atoms with Crippen molar-refractivity contribution >= 4 is 41.6 Å². The van der Waals surface area contributed by atoms with Crippen LogP contribution in [0.5, 0.6) is 0 Å². The largest absolute Gasteiger partial charge is 0.497 e. The molecule has 3 amide bonds. The van der Waals surface area contributed by atoms with Crippen molar-refractivity contribution in [2.45, 2.75) is 295 Å².